The van der Waals surface area contributed by atoms with Gasteiger partial charge in [-0.15, -0.1) is 0 Å². The van der Waals surface area contributed by atoms with Crippen molar-refractivity contribution in [3.05, 3.63) is 59.7 Å². The molecule has 0 fully saturated rings. The molecule has 0 saturated heterocycles. The van der Waals surface area contributed by atoms with Crippen molar-refractivity contribution in [3.8, 4) is 0 Å². The van der Waals surface area contributed by atoms with E-state index in [-0.39, 0.29) is 11.9 Å². The van der Waals surface area contributed by atoms with E-state index in [0.29, 0.717) is 0 Å². The number of nitrogens with zero attached hydrogens (tertiary/aromatic N) is 1. The summed E-state index contributed by atoms with van der Waals surface area (Å²) in [6, 6.07) is 9.02. The Balaban J connectivity index is 1.90. The Bertz CT molecular complexity index is 519. The molecule has 0 bridgehead atoms. The van der Waals surface area contributed by atoms with Crippen LogP contribution in [0.25, 0.3) is 0 Å². The van der Waals surface area contributed by atoms with Gasteiger partial charge in [0, 0.05) is 31.5 Å². The van der Waals surface area contributed by atoms with Crippen LogP contribution in [0, 0.1) is 5.82 Å². The minimum absolute atomic E-state index is 0.144. The van der Waals surface area contributed by atoms with Crippen LogP contribution in [0.4, 0.5) is 4.39 Å². The van der Waals surface area contributed by atoms with Crippen LogP contribution in [0.5, 0.6) is 0 Å². The first-order chi connectivity index (χ1) is 9.19. The molecule has 1 heterocycles. The van der Waals surface area contributed by atoms with Crippen LogP contribution in [-0.2, 0) is 13.1 Å². The molecule has 0 spiro atoms. The van der Waals surface area contributed by atoms with Gasteiger partial charge >= 0.3 is 0 Å². The Hall–Kier alpha value is -1.61. The van der Waals surface area contributed by atoms with Crippen LogP contribution in [-0.4, -0.2) is 4.57 Å². The molecule has 102 valence electrons. The Morgan fingerprint density at radius 3 is 2.89 bits per heavy atom. The molecule has 0 aliphatic carbocycles. The van der Waals surface area contributed by atoms with Gasteiger partial charge < -0.3 is 9.88 Å². The van der Waals surface area contributed by atoms with Crippen LogP contribution in [0.2, 0.25) is 0 Å². The van der Waals surface area contributed by atoms with Crippen molar-refractivity contribution in [3.63, 3.8) is 0 Å². The predicted octanol–water partition coefficient (Wildman–Crippen LogP) is 3.89. The largest absolute Gasteiger partial charge is 0.354 e. The van der Waals surface area contributed by atoms with Crippen LogP contribution in [0.1, 0.15) is 37.4 Å². The zero-order valence-corrected chi connectivity index (χ0v) is 11.6. The second kappa shape index (κ2) is 6.53. The predicted molar refractivity (Wildman–Crippen MR) is 76.4 cm³/mol. The highest BCUT2D eigenvalue weighted by atomic mass is 19.1. The minimum Gasteiger partial charge on any atom is -0.354 e. The molecule has 1 aromatic carbocycles. The standard InChI is InChI=1S/C16H21FN2/c1-3-8-19-9-7-14(12-19)11-18-13(2)15-5-4-6-16(17)10-15/h4-7,9-10,12-13,18H,3,8,11H2,1-2H3. The van der Waals surface area contributed by atoms with Gasteiger partial charge in [-0.1, -0.05) is 19.1 Å². The van der Waals surface area contributed by atoms with Crippen molar-refractivity contribution in [2.24, 2.45) is 0 Å². The first-order valence-corrected chi connectivity index (χ1v) is 6.82. The molecular weight excluding hydrogens is 239 g/mol. The molecule has 1 N–H and O–H groups in total. The Morgan fingerprint density at radius 2 is 2.16 bits per heavy atom. The van der Waals surface area contributed by atoms with E-state index in [0.717, 1.165) is 25.1 Å². The number of aromatic nitrogens is 1. The number of aryl methyl sites for hydroxylation is 1. The van der Waals surface area contributed by atoms with Gasteiger partial charge in [-0.3, -0.25) is 0 Å². The average Bonchev–Trinajstić information content (AvgIpc) is 2.84. The lowest BCUT2D eigenvalue weighted by atomic mass is 10.1. The van der Waals surface area contributed by atoms with Gasteiger partial charge in [0.15, 0.2) is 0 Å². The van der Waals surface area contributed by atoms with E-state index in [1.165, 1.54) is 11.6 Å². The maximum atomic E-state index is 13.1. The van der Waals surface area contributed by atoms with Gasteiger partial charge in [-0.25, -0.2) is 4.39 Å². The summed E-state index contributed by atoms with van der Waals surface area (Å²) in [6.45, 7) is 6.08. The molecule has 0 radical (unpaired) electrons. The van der Waals surface area contributed by atoms with Crippen LogP contribution in [0.15, 0.2) is 42.7 Å². The summed E-state index contributed by atoms with van der Waals surface area (Å²) in [5, 5.41) is 3.42. The molecule has 1 unspecified atom stereocenters. The molecular formula is C16H21FN2. The van der Waals surface area contributed by atoms with E-state index >= 15 is 0 Å². The van der Waals surface area contributed by atoms with E-state index in [1.54, 1.807) is 12.1 Å². The second-order valence-corrected chi connectivity index (χ2v) is 4.92. The number of rotatable bonds is 6. The number of hydrogen-bond acceptors (Lipinski definition) is 1. The van der Waals surface area contributed by atoms with Crippen molar-refractivity contribution in [1.29, 1.82) is 0 Å². The number of benzene rings is 1. The van der Waals surface area contributed by atoms with Crippen molar-refractivity contribution in [2.75, 3.05) is 0 Å². The van der Waals surface area contributed by atoms with Crippen LogP contribution < -0.4 is 5.32 Å². The van der Waals surface area contributed by atoms with E-state index < -0.39 is 0 Å². The third-order valence-corrected chi connectivity index (χ3v) is 3.25. The topological polar surface area (TPSA) is 17.0 Å². The van der Waals surface area contributed by atoms with E-state index in [2.05, 4.69) is 42.2 Å². The maximum absolute atomic E-state index is 13.1. The fourth-order valence-electron chi connectivity index (χ4n) is 2.16. The molecule has 0 saturated carbocycles. The molecule has 1 atom stereocenters. The Kier molecular flexibility index (Phi) is 4.74. The van der Waals surface area contributed by atoms with Crippen molar-refractivity contribution < 1.29 is 4.39 Å². The lowest BCUT2D eigenvalue weighted by Gasteiger charge is -2.13. The Labute approximate surface area is 114 Å². The summed E-state index contributed by atoms with van der Waals surface area (Å²) in [7, 11) is 0. The molecule has 3 heteroatoms. The van der Waals surface area contributed by atoms with Crippen molar-refractivity contribution in [1.82, 2.24) is 9.88 Å². The summed E-state index contributed by atoms with van der Waals surface area (Å²) >= 11 is 0. The zero-order chi connectivity index (χ0) is 13.7. The normalized spacial score (nSPS) is 12.6. The van der Waals surface area contributed by atoms with E-state index in [4.69, 9.17) is 0 Å². The summed E-state index contributed by atoms with van der Waals surface area (Å²) in [5.74, 6) is -0.180. The van der Waals surface area contributed by atoms with Crippen molar-refractivity contribution in [2.45, 2.75) is 39.4 Å². The quantitative estimate of drug-likeness (QED) is 0.834. The first kappa shape index (κ1) is 13.8. The monoisotopic (exact) mass is 260 g/mol. The highest BCUT2D eigenvalue weighted by Crippen LogP contribution is 2.14. The third kappa shape index (κ3) is 3.93. The lowest BCUT2D eigenvalue weighted by molar-refractivity contribution is 0.564. The molecule has 2 aromatic rings. The molecule has 2 nitrogen and oxygen atoms in total. The summed E-state index contributed by atoms with van der Waals surface area (Å²) in [6.07, 6.45) is 5.41. The van der Waals surface area contributed by atoms with Crippen molar-refractivity contribution >= 4 is 0 Å². The van der Waals surface area contributed by atoms with Gasteiger partial charge in [0.25, 0.3) is 0 Å². The molecule has 1 aromatic heterocycles. The third-order valence-electron chi connectivity index (χ3n) is 3.25. The summed E-state index contributed by atoms with van der Waals surface area (Å²) in [5.41, 5.74) is 2.24. The summed E-state index contributed by atoms with van der Waals surface area (Å²) in [4.78, 5) is 0. The highest BCUT2D eigenvalue weighted by Gasteiger charge is 2.06. The van der Waals surface area contributed by atoms with Gasteiger partial charge in [0.1, 0.15) is 5.82 Å². The minimum atomic E-state index is -0.180. The van der Waals surface area contributed by atoms with Gasteiger partial charge in [0.2, 0.25) is 0 Å². The molecule has 0 aliphatic heterocycles. The zero-order valence-electron chi connectivity index (χ0n) is 11.6. The number of halogens is 1. The maximum Gasteiger partial charge on any atom is 0.123 e. The molecule has 19 heavy (non-hydrogen) atoms. The fraction of sp³-hybridized carbons (Fsp3) is 0.375. The second-order valence-electron chi connectivity index (χ2n) is 4.92. The first-order valence-electron chi connectivity index (χ1n) is 6.82. The Morgan fingerprint density at radius 1 is 1.32 bits per heavy atom. The van der Waals surface area contributed by atoms with Crippen LogP contribution >= 0.6 is 0 Å². The van der Waals surface area contributed by atoms with Gasteiger partial charge in [0.05, 0.1) is 0 Å². The fourth-order valence-corrected chi connectivity index (χ4v) is 2.16. The van der Waals surface area contributed by atoms with Gasteiger partial charge in [-0.05, 0) is 42.7 Å². The van der Waals surface area contributed by atoms with Crippen LogP contribution in [0.3, 0.4) is 0 Å². The van der Waals surface area contributed by atoms with E-state index in [1.807, 2.05) is 6.07 Å². The SMILES string of the molecule is CCCn1ccc(CNC(C)c2cccc(F)c2)c1. The highest BCUT2D eigenvalue weighted by molar-refractivity contribution is 5.20. The van der Waals surface area contributed by atoms with E-state index in [9.17, 15) is 4.39 Å². The smallest absolute Gasteiger partial charge is 0.123 e. The number of nitrogens with one attached hydrogen (secondary N) is 1. The molecule has 0 amide bonds. The molecule has 0 aliphatic rings. The average molecular weight is 260 g/mol. The van der Waals surface area contributed by atoms with Gasteiger partial charge in [-0.2, -0.15) is 0 Å². The lowest BCUT2D eigenvalue weighted by Crippen LogP contribution is -2.17. The number of hydrogen-bond donors (Lipinski definition) is 1. The summed E-state index contributed by atoms with van der Waals surface area (Å²) < 4.78 is 15.3. The molecule has 2 rings (SSSR count).